The van der Waals surface area contributed by atoms with E-state index in [0.717, 1.165) is 33.4 Å². The summed E-state index contributed by atoms with van der Waals surface area (Å²) in [5.74, 6) is -1.68. The van der Waals surface area contributed by atoms with E-state index in [1.165, 1.54) is 9.80 Å². The van der Waals surface area contributed by atoms with Crippen LogP contribution in [0.5, 0.6) is 28.7 Å². The fourth-order valence-corrected chi connectivity index (χ4v) is 10.2. The molecular weight excluding hydrogens is 837 g/mol. The average molecular weight is 887 g/mol. The number of carbonyl (C=O) groups is 4. The molecule has 12 nitrogen and oxygen atoms in total. The Morgan fingerprint density at radius 3 is 1.55 bits per heavy atom. The number of nitrogens with zero attached hydrogens (tertiary/aromatic N) is 2. The van der Waals surface area contributed by atoms with E-state index in [4.69, 9.17) is 23.7 Å². The number of allylic oxidation sites excluding steroid dienone is 2. The molecule has 3 fully saturated rings. The number of benzene rings is 5. The van der Waals surface area contributed by atoms with E-state index in [1.54, 1.807) is 64.8 Å². The number of anilines is 2. The van der Waals surface area contributed by atoms with Crippen LogP contribution in [0.3, 0.4) is 0 Å². The van der Waals surface area contributed by atoms with Crippen LogP contribution in [0.25, 0.3) is 24.3 Å². The predicted octanol–water partition coefficient (Wildman–Crippen LogP) is 8.48. The molecule has 1 N–H and O–H groups in total. The summed E-state index contributed by atoms with van der Waals surface area (Å²) in [6.45, 7) is -0.0169. The lowest BCUT2D eigenvalue weighted by Crippen LogP contribution is -2.43. The maximum absolute atomic E-state index is 14.8. The molecule has 2 aliphatic carbocycles. The summed E-state index contributed by atoms with van der Waals surface area (Å²) in [6, 6.07) is 33.0. The van der Waals surface area contributed by atoms with Gasteiger partial charge in [0.15, 0.2) is 0 Å². The van der Waals surface area contributed by atoms with Gasteiger partial charge in [0.05, 0.1) is 70.1 Å². The Balaban J connectivity index is 1.00. The Hall–Kier alpha value is -7.44. The van der Waals surface area contributed by atoms with Gasteiger partial charge in [-0.05, 0) is 108 Å². The monoisotopic (exact) mass is 886 g/mol. The fourth-order valence-electron chi connectivity index (χ4n) is 10.2. The number of rotatable bonds is 14. The lowest BCUT2D eigenvalue weighted by Gasteiger charge is -2.44. The van der Waals surface area contributed by atoms with E-state index in [2.05, 4.69) is 0 Å². The smallest absolute Gasteiger partial charge is 0.238 e. The second kappa shape index (κ2) is 18.6. The molecule has 4 aliphatic rings. The second-order valence-corrected chi connectivity index (χ2v) is 16.8. The third-order valence-electron chi connectivity index (χ3n) is 13.3. The van der Waals surface area contributed by atoms with Crippen molar-refractivity contribution in [1.29, 1.82) is 0 Å². The van der Waals surface area contributed by atoms with Crippen LogP contribution in [0.1, 0.15) is 46.6 Å². The summed E-state index contributed by atoms with van der Waals surface area (Å²) < 4.78 is 27.5. The van der Waals surface area contributed by atoms with Crippen molar-refractivity contribution < 1.29 is 48.0 Å². The zero-order valence-corrected chi connectivity index (χ0v) is 37.1. The number of amides is 4. The zero-order valence-electron chi connectivity index (χ0n) is 37.1. The quantitative estimate of drug-likeness (QED) is 0.0656. The third-order valence-corrected chi connectivity index (χ3v) is 13.3. The standard InChI is InChI=1S/C54H50N2O10/c1-62-40-21-25-46(64-3)35(29-40)11-5-32-7-15-37(16-8-32)55-51(58)43-24-23-42-44(49(43)53(55)60)31-45-50(48(42)34-13-19-39(20-14-34)66-28-27-57)54(61)56(52(45)59)38-17-9-33(10-18-38)6-12-36-30-41(63-2)22-26-47(36)65-4/h5-23,25-26,29-30,43-45,48-50,57H,24,27-28,31H2,1-4H3/t43-,44+,45+,48-,49-,50+/m0/s1. The molecule has 1 saturated carbocycles. The van der Waals surface area contributed by atoms with E-state index in [-0.39, 0.29) is 43.3 Å². The van der Waals surface area contributed by atoms with Crippen LogP contribution in [0.4, 0.5) is 11.4 Å². The normalized spacial score (nSPS) is 22.3. The maximum atomic E-state index is 14.8. The lowest BCUT2D eigenvalue weighted by atomic mass is 9.57. The molecule has 5 aromatic carbocycles. The molecule has 0 bridgehead atoms. The van der Waals surface area contributed by atoms with Crippen LogP contribution in [-0.4, -0.2) is 70.4 Å². The van der Waals surface area contributed by atoms with Gasteiger partial charge in [0.25, 0.3) is 0 Å². The lowest BCUT2D eigenvalue weighted by molar-refractivity contribution is -0.126. The van der Waals surface area contributed by atoms with Crippen molar-refractivity contribution in [1.82, 2.24) is 0 Å². The minimum Gasteiger partial charge on any atom is -0.497 e. The summed E-state index contributed by atoms with van der Waals surface area (Å²) in [6.07, 6.45) is 10.3. The number of ether oxygens (including phenoxy) is 5. The maximum Gasteiger partial charge on any atom is 0.238 e. The van der Waals surface area contributed by atoms with Crippen LogP contribution >= 0.6 is 0 Å². The topological polar surface area (TPSA) is 141 Å². The Morgan fingerprint density at radius 1 is 0.545 bits per heavy atom. The van der Waals surface area contributed by atoms with Gasteiger partial charge in [0, 0.05) is 17.0 Å². The molecule has 12 heteroatoms. The van der Waals surface area contributed by atoms with Crippen molar-refractivity contribution in [2.45, 2.75) is 18.8 Å². The summed E-state index contributed by atoms with van der Waals surface area (Å²) in [4.78, 5) is 61.1. The van der Waals surface area contributed by atoms with Crippen molar-refractivity contribution >= 4 is 59.3 Å². The number of hydrogen-bond donors (Lipinski definition) is 1. The van der Waals surface area contributed by atoms with Gasteiger partial charge in [-0.2, -0.15) is 0 Å². The first-order valence-corrected chi connectivity index (χ1v) is 22.0. The molecule has 2 heterocycles. The van der Waals surface area contributed by atoms with Gasteiger partial charge in [-0.3, -0.25) is 29.0 Å². The van der Waals surface area contributed by atoms with Gasteiger partial charge >= 0.3 is 0 Å². The third kappa shape index (κ3) is 8.02. The Bertz CT molecular complexity index is 2760. The van der Waals surface area contributed by atoms with Crippen LogP contribution in [-0.2, 0) is 19.2 Å². The van der Waals surface area contributed by atoms with Gasteiger partial charge in [0.2, 0.25) is 23.6 Å². The number of methoxy groups -OCH3 is 4. The zero-order chi connectivity index (χ0) is 46.1. The predicted molar refractivity (Wildman–Crippen MR) is 251 cm³/mol. The molecule has 2 saturated heterocycles. The number of fused-ring (bicyclic) bond motifs is 4. The average Bonchev–Trinajstić information content (AvgIpc) is 3.76. The Labute approximate surface area is 383 Å². The number of hydrogen-bond acceptors (Lipinski definition) is 10. The van der Waals surface area contributed by atoms with E-state index >= 15 is 0 Å². The first-order chi connectivity index (χ1) is 32.2. The molecule has 6 atom stereocenters. The summed E-state index contributed by atoms with van der Waals surface area (Å²) in [5.41, 5.74) is 5.98. The van der Waals surface area contributed by atoms with Crippen LogP contribution in [0.2, 0.25) is 0 Å². The van der Waals surface area contributed by atoms with Crippen molar-refractivity contribution in [2.75, 3.05) is 51.5 Å². The van der Waals surface area contributed by atoms with Gasteiger partial charge in [-0.15, -0.1) is 0 Å². The molecular formula is C54H50N2O10. The molecule has 336 valence electrons. The highest BCUT2D eigenvalue weighted by atomic mass is 16.5. The number of imide groups is 2. The van der Waals surface area contributed by atoms with Gasteiger partial charge < -0.3 is 28.8 Å². The molecule has 5 aromatic rings. The molecule has 0 radical (unpaired) electrons. The Kier molecular flexibility index (Phi) is 12.3. The number of carbonyl (C=O) groups excluding carboxylic acids is 4. The highest BCUT2D eigenvalue weighted by Crippen LogP contribution is 2.58. The van der Waals surface area contributed by atoms with E-state index in [0.29, 0.717) is 46.5 Å². The van der Waals surface area contributed by atoms with Crippen LogP contribution < -0.4 is 33.5 Å². The SMILES string of the molecule is COc1ccc(OC)c(C=Cc2ccc(N3C(=O)[C@H]4[C@H](CC=C5[C@H]4C[C@H]4C(=O)N(c6ccc(C=Cc7cc(OC)ccc7OC)cc6)C(=O)[C@H]4[C@H]5c4ccc(OCCO)cc4)C3=O)cc2)c1. The molecule has 2 aliphatic heterocycles. The minimum atomic E-state index is -0.736. The molecule has 0 aromatic heterocycles. The highest BCUT2D eigenvalue weighted by Gasteiger charge is 2.62. The van der Waals surface area contributed by atoms with Gasteiger partial charge in [0.1, 0.15) is 35.4 Å². The molecule has 4 amide bonds. The largest absolute Gasteiger partial charge is 0.497 e. The van der Waals surface area contributed by atoms with Crippen molar-refractivity contribution in [3.8, 4) is 28.7 Å². The number of aliphatic hydroxyl groups excluding tert-OH is 1. The van der Waals surface area contributed by atoms with E-state index in [9.17, 15) is 24.3 Å². The van der Waals surface area contributed by atoms with Crippen LogP contribution in [0, 0.1) is 29.6 Å². The summed E-state index contributed by atoms with van der Waals surface area (Å²) >= 11 is 0. The molecule has 0 unspecified atom stereocenters. The minimum absolute atomic E-state index is 0.125. The molecule has 0 spiro atoms. The second-order valence-electron chi connectivity index (χ2n) is 16.8. The fraction of sp³-hybridized carbons (Fsp3) is 0.259. The number of aliphatic hydroxyl groups is 1. The molecule has 9 rings (SSSR count). The van der Waals surface area contributed by atoms with E-state index in [1.807, 2.05) is 103 Å². The van der Waals surface area contributed by atoms with E-state index < -0.39 is 35.5 Å². The summed E-state index contributed by atoms with van der Waals surface area (Å²) in [5, 5.41) is 9.34. The van der Waals surface area contributed by atoms with Crippen LogP contribution in [0.15, 0.2) is 121 Å². The molecule has 66 heavy (non-hydrogen) atoms. The highest BCUT2D eigenvalue weighted by molar-refractivity contribution is 6.24. The van der Waals surface area contributed by atoms with Crippen molar-refractivity contribution in [2.24, 2.45) is 29.6 Å². The van der Waals surface area contributed by atoms with Gasteiger partial charge in [-0.1, -0.05) is 72.4 Å². The van der Waals surface area contributed by atoms with Crippen molar-refractivity contribution in [3.05, 3.63) is 149 Å². The van der Waals surface area contributed by atoms with Crippen molar-refractivity contribution in [3.63, 3.8) is 0 Å². The first-order valence-electron chi connectivity index (χ1n) is 22.0. The first kappa shape index (κ1) is 43.8. The van der Waals surface area contributed by atoms with Gasteiger partial charge in [-0.25, -0.2) is 0 Å². The Morgan fingerprint density at radius 2 is 1.05 bits per heavy atom. The summed E-state index contributed by atoms with van der Waals surface area (Å²) in [7, 11) is 6.42.